The molecule has 1 fully saturated rings. The van der Waals surface area contributed by atoms with Crippen LogP contribution in [0.15, 0.2) is 55.1 Å². The highest BCUT2D eigenvalue weighted by atomic mass is 16.5. The van der Waals surface area contributed by atoms with E-state index in [0.717, 1.165) is 52.6 Å². The van der Waals surface area contributed by atoms with Crippen LogP contribution in [0.4, 0.5) is 5.82 Å². The molecule has 0 aliphatic carbocycles. The van der Waals surface area contributed by atoms with E-state index in [4.69, 9.17) is 4.74 Å². The number of nitrogens with one attached hydrogen (secondary N) is 1. The average Bonchev–Trinajstić information content (AvgIpc) is 3.25. The molecule has 8 heteroatoms. The Morgan fingerprint density at radius 2 is 1.80 bits per heavy atom. The molecule has 3 aromatic heterocycles. The van der Waals surface area contributed by atoms with Gasteiger partial charge in [-0.1, -0.05) is 6.07 Å². The summed E-state index contributed by atoms with van der Waals surface area (Å²) < 4.78 is 7.75. The molecule has 0 radical (unpaired) electrons. The van der Waals surface area contributed by atoms with Crippen LogP contribution in [-0.4, -0.2) is 55.8 Å². The van der Waals surface area contributed by atoms with Gasteiger partial charge < -0.3 is 15.0 Å². The maximum Gasteiger partial charge on any atom is 0.155 e. The summed E-state index contributed by atoms with van der Waals surface area (Å²) in [5.74, 6) is 1.62. The predicted octanol–water partition coefficient (Wildman–Crippen LogP) is 4.61. The highest BCUT2D eigenvalue weighted by molar-refractivity contribution is 5.74. The molecule has 1 saturated heterocycles. The van der Waals surface area contributed by atoms with Crippen molar-refractivity contribution in [1.82, 2.24) is 29.9 Å². The van der Waals surface area contributed by atoms with Gasteiger partial charge in [-0.05, 0) is 64.8 Å². The van der Waals surface area contributed by atoms with E-state index >= 15 is 0 Å². The molecular formula is C27H33N7O. The van der Waals surface area contributed by atoms with E-state index in [1.54, 1.807) is 19.5 Å². The van der Waals surface area contributed by atoms with Gasteiger partial charge in [0, 0.05) is 47.7 Å². The lowest BCUT2D eigenvalue weighted by molar-refractivity contribution is 0.160. The van der Waals surface area contributed by atoms with Crippen molar-refractivity contribution in [2.24, 2.45) is 0 Å². The molecule has 5 rings (SSSR count). The summed E-state index contributed by atoms with van der Waals surface area (Å²) in [5.41, 5.74) is 4.60. The number of fused-ring (bicyclic) bond motifs is 1. The van der Waals surface area contributed by atoms with Crippen molar-refractivity contribution in [1.29, 1.82) is 0 Å². The minimum atomic E-state index is 0.0699. The number of hydrogen-bond acceptors (Lipinski definition) is 7. The number of aromatic nitrogens is 5. The molecule has 4 aromatic rings. The molecule has 0 spiro atoms. The van der Waals surface area contributed by atoms with Crippen LogP contribution >= 0.6 is 0 Å². The number of hydrogen-bond donors (Lipinski definition) is 1. The Labute approximate surface area is 206 Å². The van der Waals surface area contributed by atoms with Crippen LogP contribution in [0.1, 0.15) is 40.5 Å². The molecule has 0 atom stereocenters. The predicted molar refractivity (Wildman–Crippen MR) is 139 cm³/mol. The van der Waals surface area contributed by atoms with E-state index in [-0.39, 0.29) is 11.1 Å². The minimum absolute atomic E-state index is 0.0699. The number of nitrogens with zero attached hydrogens (tertiary/aromatic N) is 6. The zero-order chi connectivity index (χ0) is 24.8. The molecule has 8 nitrogen and oxygen atoms in total. The summed E-state index contributed by atoms with van der Waals surface area (Å²) in [5, 5.41) is 12.9. The molecule has 4 heterocycles. The summed E-state index contributed by atoms with van der Waals surface area (Å²) in [6, 6.07) is 10.6. The second-order valence-electron chi connectivity index (χ2n) is 10.7. The molecule has 182 valence electrons. The fourth-order valence-corrected chi connectivity index (χ4v) is 5.50. The first-order chi connectivity index (χ1) is 16.7. The number of benzene rings is 1. The average molecular weight is 472 g/mol. The van der Waals surface area contributed by atoms with Gasteiger partial charge in [-0.15, -0.1) is 10.2 Å². The topological polar surface area (TPSA) is 80.5 Å². The Kier molecular flexibility index (Phi) is 5.71. The lowest BCUT2D eigenvalue weighted by Crippen LogP contribution is -2.62. The molecule has 35 heavy (non-hydrogen) atoms. The second-order valence-corrected chi connectivity index (χ2v) is 10.7. The van der Waals surface area contributed by atoms with Crippen LogP contribution in [0.3, 0.4) is 0 Å². The van der Waals surface area contributed by atoms with Gasteiger partial charge in [-0.2, -0.15) is 0 Å². The third-order valence-corrected chi connectivity index (χ3v) is 6.82. The summed E-state index contributed by atoms with van der Waals surface area (Å²) in [6.07, 6.45) is 9.34. The van der Waals surface area contributed by atoms with Gasteiger partial charge in [-0.25, -0.2) is 4.98 Å². The lowest BCUT2D eigenvalue weighted by Gasteiger charge is -2.49. The number of piperidine rings is 1. The van der Waals surface area contributed by atoms with E-state index in [1.165, 1.54) is 0 Å². The largest absolute Gasteiger partial charge is 0.496 e. The molecule has 1 aliphatic heterocycles. The van der Waals surface area contributed by atoms with Gasteiger partial charge in [0.1, 0.15) is 5.75 Å². The summed E-state index contributed by atoms with van der Waals surface area (Å²) in [7, 11) is 3.80. The molecule has 0 saturated carbocycles. The van der Waals surface area contributed by atoms with Crippen LogP contribution in [0.25, 0.3) is 28.2 Å². The molecule has 1 aromatic carbocycles. The number of ether oxygens (including phenoxy) is 1. The second kappa shape index (κ2) is 8.61. The number of methoxy groups -OCH3 is 1. The normalized spacial score (nSPS) is 17.4. The first-order valence-corrected chi connectivity index (χ1v) is 12.0. The van der Waals surface area contributed by atoms with Gasteiger partial charge in [-0.3, -0.25) is 9.38 Å². The smallest absolute Gasteiger partial charge is 0.155 e. The quantitative estimate of drug-likeness (QED) is 0.455. The van der Waals surface area contributed by atoms with Gasteiger partial charge in [0.15, 0.2) is 11.5 Å². The molecule has 1 N–H and O–H groups in total. The first-order valence-electron chi connectivity index (χ1n) is 12.0. The van der Waals surface area contributed by atoms with E-state index in [9.17, 15) is 0 Å². The SMILES string of the molecule is COc1cc(-c2cnc3cnccn23)ccc1-c1ccc(N(C)C2CC(C)(C)NC(C)(C)C2)nn1. The first kappa shape index (κ1) is 23.2. The van der Waals surface area contributed by atoms with Gasteiger partial charge in [0.2, 0.25) is 0 Å². The van der Waals surface area contributed by atoms with Gasteiger partial charge in [0.25, 0.3) is 0 Å². The van der Waals surface area contributed by atoms with E-state index in [1.807, 2.05) is 35.0 Å². The Hall–Kier alpha value is -3.52. The molecule has 0 unspecified atom stereocenters. The van der Waals surface area contributed by atoms with Crippen LogP contribution in [0, 0.1) is 0 Å². The van der Waals surface area contributed by atoms with Crippen molar-refractivity contribution in [2.45, 2.75) is 57.7 Å². The monoisotopic (exact) mass is 471 g/mol. The van der Waals surface area contributed by atoms with Crippen molar-refractivity contribution >= 4 is 11.5 Å². The van der Waals surface area contributed by atoms with Crippen LogP contribution in [0.2, 0.25) is 0 Å². The number of rotatable bonds is 5. The Morgan fingerprint density at radius 3 is 2.49 bits per heavy atom. The number of anilines is 1. The molecule has 0 bridgehead atoms. The minimum Gasteiger partial charge on any atom is -0.496 e. The molecule has 1 aliphatic rings. The summed E-state index contributed by atoms with van der Waals surface area (Å²) in [4.78, 5) is 10.8. The van der Waals surface area contributed by atoms with Crippen molar-refractivity contribution in [3.63, 3.8) is 0 Å². The number of imidazole rings is 1. The highest BCUT2D eigenvalue weighted by Gasteiger charge is 2.39. The Balaban J connectivity index is 1.41. The van der Waals surface area contributed by atoms with Crippen molar-refractivity contribution < 1.29 is 4.74 Å². The van der Waals surface area contributed by atoms with E-state index < -0.39 is 0 Å². The van der Waals surface area contributed by atoms with Crippen LogP contribution < -0.4 is 15.0 Å². The van der Waals surface area contributed by atoms with E-state index in [2.05, 4.69) is 77.3 Å². The maximum absolute atomic E-state index is 5.74. The molecular weight excluding hydrogens is 438 g/mol. The summed E-state index contributed by atoms with van der Waals surface area (Å²) >= 11 is 0. The van der Waals surface area contributed by atoms with Crippen molar-refractivity contribution in [3.05, 3.63) is 55.1 Å². The lowest BCUT2D eigenvalue weighted by atomic mass is 9.79. The zero-order valence-electron chi connectivity index (χ0n) is 21.3. The third-order valence-electron chi connectivity index (χ3n) is 6.82. The third kappa shape index (κ3) is 4.58. The standard InChI is InChI=1S/C27H33N7O/c1-26(2)14-19(15-27(3,4)32-26)33(5)24-10-9-21(30-31-24)20-8-7-18(13-23(20)35-6)22-16-29-25-17-28-11-12-34(22)25/h7-13,16-17,19,32H,14-15H2,1-6H3. The Bertz CT molecular complexity index is 1330. The van der Waals surface area contributed by atoms with Gasteiger partial charge in [0.05, 0.1) is 30.9 Å². The zero-order valence-corrected chi connectivity index (χ0v) is 21.3. The highest BCUT2D eigenvalue weighted by Crippen LogP contribution is 2.35. The van der Waals surface area contributed by atoms with Crippen LogP contribution in [0.5, 0.6) is 5.75 Å². The van der Waals surface area contributed by atoms with Crippen molar-refractivity contribution in [3.8, 4) is 28.3 Å². The van der Waals surface area contributed by atoms with Crippen molar-refractivity contribution in [2.75, 3.05) is 19.1 Å². The summed E-state index contributed by atoms with van der Waals surface area (Å²) in [6.45, 7) is 9.07. The fraction of sp³-hybridized carbons (Fsp3) is 0.407. The van der Waals surface area contributed by atoms with Gasteiger partial charge >= 0.3 is 0 Å². The maximum atomic E-state index is 5.74. The van der Waals surface area contributed by atoms with E-state index in [0.29, 0.717) is 6.04 Å². The Morgan fingerprint density at radius 1 is 1.03 bits per heavy atom. The van der Waals surface area contributed by atoms with Crippen LogP contribution in [-0.2, 0) is 0 Å². The molecule has 0 amide bonds. The fourth-order valence-electron chi connectivity index (χ4n) is 5.50.